The van der Waals surface area contributed by atoms with E-state index in [1.165, 1.54) is 24.7 Å². The number of fused-ring (bicyclic) bond motifs is 1. The van der Waals surface area contributed by atoms with Crippen LogP contribution in [0.5, 0.6) is 17.4 Å². The molecule has 3 rings (SSSR count). The number of carbonyl (C=O) groups is 1. The van der Waals surface area contributed by atoms with Crippen LogP contribution in [0.3, 0.4) is 0 Å². The summed E-state index contributed by atoms with van der Waals surface area (Å²) in [4.78, 5) is 28.5. The Bertz CT molecular complexity index is 981. The maximum Gasteiger partial charge on any atom is 0.261 e. The smallest absolute Gasteiger partial charge is 0.261 e. The summed E-state index contributed by atoms with van der Waals surface area (Å²) in [6, 6.07) is 11.3. The van der Waals surface area contributed by atoms with Crippen molar-refractivity contribution in [3.63, 3.8) is 0 Å². The zero-order valence-electron chi connectivity index (χ0n) is 13.8. The highest BCUT2D eigenvalue weighted by Crippen LogP contribution is 2.27. The summed E-state index contributed by atoms with van der Waals surface area (Å²) >= 11 is 0. The fourth-order valence-electron chi connectivity index (χ4n) is 2.34. The molecule has 0 aliphatic heterocycles. The number of carbonyl (C=O) groups excluding carboxylic acids is 1. The number of aromatic nitrogens is 2. The van der Waals surface area contributed by atoms with Crippen molar-refractivity contribution in [2.24, 2.45) is 0 Å². The van der Waals surface area contributed by atoms with Crippen molar-refractivity contribution >= 4 is 11.4 Å². The van der Waals surface area contributed by atoms with E-state index in [1.54, 1.807) is 42.6 Å². The van der Waals surface area contributed by atoms with E-state index in [2.05, 4.69) is 4.98 Å². The van der Waals surface area contributed by atoms with E-state index in [0.29, 0.717) is 22.7 Å². The molecular formula is C18H16N2O5. The number of pyridine rings is 1. The minimum Gasteiger partial charge on any atom is -0.493 e. The molecule has 0 radical (unpaired) electrons. The molecular weight excluding hydrogens is 324 g/mol. The second-order valence-electron chi connectivity index (χ2n) is 5.14. The zero-order valence-corrected chi connectivity index (χ0v) is 13.8. The summed E-state index contributed by atoms with van der Waals surface area (Å²) in [5, 5.41) is 0. The first-order valence-electron chi connectivity index (χ1n) is 7.49. The van der Waals surface area contributed by atoms with Gasteiger partial charge in [-0.2, -0.15) is 4.98 Å². The first-order valence-corrected chi connectivity index (χ1v) is 7.49. The predicted octanol–water partition coefficient (Wildman–Crippen LogP) is 1.97. The third-order valence-electron chi connectivity index (χ3n) is 3.60. The van der Waals surface area contributed by atoms with Gasteiger partial charge in [0.25, 0.3) is 5.56 Å². The number of ether oxygens (including phenoxy) is 3. The van der Waals surface area contributed by atoms with E-state index in [1.807, 2.05) is 0 Å². The average Bonchev–Trinajstić information content (AvgIpc) is 2.65. The minimum atomic E-state index is -0.279. The van der Waals surface area contributed by atoms with Gasteiger partial charge in [0, 0.05) is 11.8 Å². The highest BCUT2D eigenvalue weighted by Gasteiger charge is 2.12. The topological polar surface area (TPSA) is 79.1 Å². The third-order valence-corrected chi connectivity index (χ3v) is 3.60. The Hall–Kier alpha value is -3.35. The highest BCUT2D eigenvalue weighted by molar-refractivity contribution is 5.97. The molecule has 7 heteroatoms. The van der Waals surface area contributed by atoms with Crippen LogP contribution in [-0.2, 0) is 0 Å². The Kier molecular flexibility index (Phi) is 4.65. The van der Waals surface area contributed by atoms with Gasteiger partial charge in [-0.25, -0.2) is 0 Å². The standard InChI is InChI=1S/C18H16N2O5/c1-23-14-7-6-12(9-15(14)24-2)13(21)11-25-17-10-18(22)20-8-4-3-5-16(20)19-17/h3-10H,11H2,1-2H3. The lowest BCUT2D eigenvalue weighted by molar-refractivity contribution is 0.0917. The Morgan fingerprint density at radius 2 is 1.88 bits per heavy atom. The largest absolute Gasteiger partial charge is 0.493 e. The number of nitrogens with zero attached hydrogens (tertiary/aromatic N) is 2. The summed E-state index contributed by atoms with van der Waals surface area (Å²) in [6.45, 7) is -0.245. The summed E-state index contributed by atoms with van der Waals surface area (Å²) < 4.78 is 17.1. The van der Waals surface area contributed by atoms with Crippen LogP contribution in [0.15, 0.2) is 53.5 Å². The minimum absolute atomic E-state index is 0.102. The molecule has 2 heterocycles. The van der Waals surface area contributed by atoms with Crippen LogP contribution in [0.2, 0.25) is 0 Å². The van der Waals surface area contributed by atoms with E-state index in [4.69, 9.17) is 14.2 Å². The average molecular weight is 340 g/mol. The molecule has 0 amide bonds. The second-order valence-corrected chi connectivity index (χ2v) is 5.14. The molecule has 0 saturated heterocycles. The lowest BCUT2D eigenvalue weighted by Gasteiger charge is -2.09. The Balaban J connectivity index is 1.77. The lowest BCUT2D eigenvalue weighted by Crippen LogP contribution is -2.17. The summed E-state index contributed by atoms with van der Waals surface area (Å²) in [7, 11) is 3.02. The SMILES string of the molecule is COc1ccc(C(=O)COc2cc(=O)n3ccccc3n2)cc1OC. The molecule has 3 aromatic rings. The van der Waals surface area contributed by atoms with E-state index in [9.17, 15) is 9.59 Å². The maximum absolute atomic E-state index is 12.3. The van der Waals surface area contributed by atoms with Crippen LogP contribution in [0.4, 0.5) is 0 Å². The molecule has 0 aliphatic carbocycles. The number of methoxy groups -OCH3 is 2. The predicted molar refractivity (Wildman–Crippen MR) is 90.8 cm³/mol. The normalized spacial score (nSPS) is 10.5. The van der Waals surface area contributed by atoms with Crippen LogP contribution in [0.1, 0.15) is 10.4 Å². The van der Waals surface area contributed by atoms with Gasteiger partial charge >= 0.3 is 0 Å². The molecule has 0 unspecified atom stereocenters. The van der Waals surface area contributed by atoms with Crippen molar-refractivity contribution in [2.75, 3.05) is 20.8 Å². The summed E-state index contributed by atoms with van der Waals surface area (Å²) in [5.74, 6) is 0.820. The van der Waals surface area contributed by atoms with Crippen molar-refractivity contribution in [3.05, 3.63) is 64.6 Å². The number of hydrogen-bond acceptors (Lipinski definition) is 6. The van der Waals surface area contributed by atoms with E-state index >= 15 is 0 Å². The Labute approximate surface area is 143 Å². The van der Waals surface area contributed by atoms with Crippen LogP contribution < -0.4 is 19.8 Å². The number of Topliss-reactive ketones (excluding diaryl/α,β-unsaturated/α-hetero) is 1. The molecule has 0 aliphatic rings. The van der Waals surface area contributed by atoms with E-state index in [0.717, 1.165) is 0 Å². The van der Waals surface area contributed by atoms with Gasteiger partial charge in [0.1, 0.15) is 5.65 Å². The molecule has 0 saturated carbocycles. The number of rotatable bonds is 6. The van der Waals surface area contributed by atoms with Crippen LogP contribution in [0, 0.1) is 0 Å². The lowest BCUT2D eigenvalue weighted by atomic mass is 10.1. The van der Waals surface area contributed by atoms with Crippen LogP contribution in [0.25, 0.3) is 5.65 Å². The van der Waals surface area contributed by atoms with E-state index in [-0.39, 0.29) is 23.8 Å². The van der Waals surface area contributed by atoms with E-state index < -0.39 is 0 Å². The number of hydrogen-bond donors (Lipinski definition) is 0. The van der Waals surface area contributed by atoms with Crippen molar-refractivity contribution in [3.8, 4) is 17.4 Å². The van der Waals surface area contributed by atoms with Gasteiger partial charge in [-0.1, -0.05) is 6.07 Å². The highest BCUT2D eigenvalue weighted by atomic mass is 16.5. The van der Waals surface area contributed by atoms with Gasteiger partial charge in [0.15, 0.2) is 23.9 Å². The molecule has 128 valence electrons. The fraction of sp³-hybridized carbons (Fsp3) is 0.167. The number of benzene rings is 1. The zero-order chi connectivity index (χ0) is 17.8. The molecule has 1 aromatic carbocycles. The van der Waals surface area contributed by atoms with Gasteiger partial charge in [0.2, 0.25) is 5.88 Å². The van der Waals surface area contributed by atoms with Gasteiger partial charge in [-0.05, 0) is 30.3 Å². The van der Waals surface area contributed by atoms with Gasteiger partial charge in [-0.15, -0.1) is 0 Å². The van der Waals surface area contributed by atoms with Crippen molar-refractivity contribution < 1.29 is 19.0 Å². The first-order chi connectivity index (χ1) is 12.1. The van der Waals surface area contributed by atoms with Crippen molar-refractivity contribution in [1.82, 2.24) is 9.38 Å². The molecule has 0 N–H and O–H groups in total. The molecule has 25 heavy (non-hydrogen) atoms. The monoisotopic (exact) mass is 340 g/mol. The molecule has 2 aromatic heterocycles. The quantitative estimate of drug-likeness (QED) is 0.639. The Morgan fingerprint density at radius 3 is 2.64 bits per heavy atom. The molecule has 0 bridgehead atoms. The second kappa shape index (κ2) is 7.04. The van der Waals surface area contributed by atoms with Gasteiger partial charge < -0.3 is 14.2 Å². The molecule has 0 spiro atoms. The van der Waals surface area contributed by atoms with Gasteiger partial charge in [-0.3, -0.25) is 14.0 Å². The summed E-state index contributed by atoms with van der Waals surface area (Å²) in [6.07, 6.45) is 1.61. The van der Waals surface area contributed by atoms with Crippen LogP contribution >= 0.6 is 0 Å². The fourth-order valence-corrected chi connectivity index (χ4v) is 2.34. The Morgan fingerprint density at radius 1 is 1.08 bits per heavy atom. The molecule has 0 fully saturated rings. The molecule has 0 atom stereocenters. The van der Waals surface area contributed by atoms with Crippen molar-refractivity contribution in [1.29, 1.82) is 0 Å². The number of ketones is 1. The van der Waals surface area contributed by atoms with Crippen LogP contribution in [-0.4, -0.2) is 36.0 Å². The first kappa shape index (κ1) is 16.5. The maximum atomic E-state index is 12.3. The third kappa shape index (κ3) is 3.45. The molecule has 7 nitrogen and oxygen atoms in total. The van der Waals surface area contributed by atoms with Gasteiger partial charge in [0.05, 0.1) is 20.3 Å². The summed E-state index contributed by atoms with van der Waals surface area (Å²) in [5.41, 5.74) is 0.581. The van der Waals surface area contributed by atoms with Crippen molar-refractivity contribution in [2.45, 2.75) is 0 Å².